The molecule has 0 aliphatic rings. The van der Waals surface area contributed by atoms with Crippen LogP contribution in [0.15, 0.2) is 12.1 Å². The molecule has 0 saturated heterocycles. The number of rotatable bonds is 4. The van der Waals surface area contributed by atoms with Gasteiger partial charge in [-0.3, -0.25) is 19.7 Å². The molecule has 2 heterocycles. The third-order valence-corrected chi connectivity index (χ3v) is 3.99. The molecule has 0 atom stereocenters. The number of nitrogens with one attached hydrogen (secondary N) is 1. The van der Waals surface area contributed by atoms with Gasteiger partial charge < -0.3 is 5.32 Å². The van der Waals surface area contributed by atoms with E-state index >= 15 is 0 Å². The van der Waals surface area contributed by atoms with Gasteiger partial charge in [0.05, 0.1) is 14.7 Å². The highest BCUT2D eigenvalue weighted by Gasteiger charge is 2.18. The van der Waals surface area contributed by atoms with Crippen LogP contribution in [0.25, 0.3) is 10.6 Å². The van der Waals surface area contributed by atoms with Gasteiger partial charge in [-0.25, -0.2) is 4.98 Å². The fourth-order valence-corrected chi connectivity index (χ4v) is 3.07. The number of thiazole rings is 1. The van der Waals surface area contributed by atoms with Crippen LogP contribution in [-0.2, 0) is 4.79 Å². The quantitative estimate of drug-likeness (QED) is 0.530. The Balaban J connectivity index is 2.42. The lowest BCUT2D eigenvalue weighted by Crippen LogP contribution is -2.04. The first-order valence-corrected chi connectivity index (χ1v) is 6.62. The van der Waals surface area contributed by atoms with Crippen LogP contribution in [0.1, 0.15) is 16.6 Å². The lowest BCUT2D eigenvalue weighted by Gasteiger charge is -1.92. The Kier molecular flexibility index (Phi) is 3.67. The number of hydrogen-bond donors (Lipinski definition) is 1. The molecule has 0 unspecified atom stereocenters. The number of carbonyl (C=O) groups excluding carboxylic acids is 2. The van der Waals surface area contributed by atoms with Crippen molar-refractivity contribution in [2.75, 3.05) is 5.32 Å². The number of thiophene rings is 1. The van der Waals surface area contributed by atoms with Crippen LogP contribution >= 0.6 is 22.7 Å². The summed E-state index contributed by atoms with van der Waals surface area (Å²) in [6.07, 6.45) is 0.615. The summed E-state index contributed by atoms with van der Waals surface area (Å²) in [5.41, 5.74) is 0.349. The predicted octanol–water partition coefficient (Wildman–Crippen LogP) is 2.55. The summed E-state index contributed by atoms with van der Waals surface area (Å²) in [6.45, 7) is 1.33. The number of carbonyl (C=O) groups is 2. The molecule has 0 aliphatic heterocycles. The number of anilines is 1. The Bertz CT molecular complexity index is 662. The Morgan fingerprint density at radius 2 is 2.21 bits per heavy atom. The van der Waals surface area contributed by atoms with Gasteiger partial charge in [-0.2, -0.15) is 0 Å². The summed E-state index contributed by atoms with van der Waals surface area (Å²) in [6, 6.07) is 2.88. The number of hydrogen-bond acceptors (Lipinski definition) is 7. The van der Waals surface area contributed by atoms with Gasteiger partial charge in [-0.1, -0.05) is 22.7 Å². The largest absolute Gasteiger partial charge is 0.324 e. The maximum absolute atomic E-state index is 11.0. The molecule has 0 spiro atoms. The Morgan fingerprint density at radius 1 is 1.47 bits per heavy atom. The average Bonchev–Trinajstić information content (AvgIpc) is 2.93. The number of nitro groups is 1. The van der Waals surface area contributed by atoms with Gasteiger partial charge in [-0.15, -0.1) is 0 Å². The van der Waals surface area contributed by atoms with E-state index in [1.165, 1.54) is 19.1 Å². The number of aromatic nitrogens is 1. The minimum Gasteiger partial charge on any atom is -0.302 e. The maximum atomic E-state index is 11.0. The minimum atomic E-state index is -0.504. The van der Waals surface area contributed by atoms with Crippen LogP contribution in [-0.4, -0.2) is 22.1 Å². The summed E-state index contributed by atoms with van der Waals surface area (Å²) in [5.74, 6) is -0.296. The van der Waals surface area contributed by atoms with Crippen molar-refractivity contribution in [1.29, 1.82) is 0 Å². The molecular formula is C10H7N3O4S2. The second-order valence-electron chi connectivity index (χ2n) is 3.43. The third-order valence-electron chi connectivity index (χ3n) is 2.05. The molecule has 2 aromatic rings. The number of aldehydes is 1. The molecule has 98 valence electrons. The van der Waals surface area contributed by atoms with Crippen molar-refractivity contribution < 1.29 is 14.5 Å². The van der Waals surface area contributed by atoms with E-state index < -0.39 is 4.92 Å². The third kappa shape index (κ3) is 2.83. The topological polar surface area (TPSA) is 102 Å². The van der Waals surface area contributed by atoms with E-state index in [0.717, 1.165) is 22.7 Å². The van der Waals surface area contributed by atoms with E-state index in [1.54, 1.807) is 0 Å². The van der Waals surface area contributed by atoms with Gasteiger partial charge in [0.1, 0.15) is 5.69 Å². The molecule has 7 nitrogen and oxygen atoms in total. The van der Waals surface area contributed by atoms with Gasteiger partial charge in [0.25, 0.3) is 0 Å². The zero-order valence-electron chi connectivity index (χ0n) is 9.58. The highest BCUT2D eigenvalue weighted by molar-refractivity contribution is 7.20. The lowest BCUT2D eigenvalue weighted by molar-refractivity contribution is -0.380. The standard InChI is InChI=1S/C10H7N3O4S2/c1-5(15)11-10-12-9(7(4-14)19-10)6-2-3-8(18-6)13(16)17/h2-4H,1H3,(H,11,12,15). The summed E-state index contributed by atoms with van der Waals surface area (Å²) < 4.78 is 0. The molecular weight excluding hydrogens is 290 g/mol. The van der Waals surface area contributed by atoms with Crippen LogP contribution in [0.3, 0.4) is 0 Å². The van der Waals surface area contributed by atoms with E-state index in [1.807, 2.05) is 0 Å². The van der Waals surface area contributed by atoms with Gasteiger partial charge >= 0.3 is 5.00 Å². The molecule has 9 heteroatoms. The number of amides is 1. The fourth-order valence-electron chi connectivity index (χ4n) is 1.35. The molecule has 2 aromatic heterocycles. The first-order chi connectivity index (χ1) is 9.01. The number of nitrogens with zero attached hydrogens (tertiary/aromatic N) is 2. The fraction of sp³-hybridized carbons (Fsp3) is 0.100. The molecule has 19 heavy (non-hydrogen) atoms. The van der Waals surface area contributed by atoms with Crippen LogP contribution < -0.4 is 5.32 Å². The van der Waals surface area contributed by atoms with Gasteiger partial charge in [-0.05, 0) is 6.07 Å². The normalized spacial score (nSPS) is 10.2. The van der Waals surface area contributed by atoms with E-state index in [4.69, 9.17) is 0 Å². The van der Waals surface area contributed by atoms with Crippen molar-refractivity contribution in [3.05, 3.63) is 27.1 Å². The molecule has 0 saturated carbocycles. The summed E-state index contributed by atoms with van der Waals surface area (Å²) >= 11 is 1.96. The summed E-state index contributed by atoms with van der Waals surface area (Å²) in [7, 11) is 0. The van der Waals surface area contributed by atoms with Crippen LogP contribution in [0.2, 0.25) is 0 Å². The molecule has 0 aliphatic carbocycles. The van der Waals surface area contributed by atoms with Crippen molar-refractivity contribution in [1.82, 2.24) is 4.98 Å². The molecule has 1 amide bonds. The maximum Gasteiger partial charge on any atom is 0.324 e. The second kappa shape index (κ2) is 5.24. The highest BCUT2D eigenvalue weighted by Crippen LogP contribution is 2.36. The molecule has 1 N–H and O–H groups in total. The van der Waals surface area contributed by atoms with Crippen molar-refractivity contribution in [3.63, 3.8) is 0 Å². The van der Waals surface area contributed by atoms with Crippen LogP contribution in [0.5, 0.6) is 0 Å². The smallest absolute Gasteiger partial charge is 0.302 e. The SMILES string of the molecule is CC(=O)Nc1nc(-c2ccc([N+](=O)[O-])s2)c(C=O)s1. The van der Waals surface area contributed by atoms with E-state index in [9.17, 15) is 19.7 Å². The van der Waals surface area contributed by atoms with Gasteiger partial charge in [0.15, 0.2) is 11.4 Å². The summed E-state index contributed by atoms with van der Waals surface area (Å²) in [5, 5.41) is 13.4. The van der Waals surface area contributed by atoms with Gasteiger partial charge in [0, 0.05) is 13.0 Å². The van der Waals surface area contributed by atoms with E-state index in [0.29, 0.717) is 26.9 Å². The zero-order valence-corrected chi connectivity index (χ0v) is 11.2. The Labute approximate surface area is 115 Å². The second-order valence-corrected chi connectivity index (χ2v) is 5.52. The van der Waals surface area contributed by atoms with E-state index in [2.05, 4.69) is 10.3 Å². The first kappa shape index (κ1) is 13.3. The van der Waals surface area contributed by atoms with Gasteiger partial charge in [0.2, 0.25) is 5.91 Å². The average molecular weight is 297 g/mol. The zero-order chi connectivity index (χ0) is 14.0. The van der Waals surface area contributed by atoms with Crippen LogP contribution in [0.4, 0.5) is 10.1 Å². The van der Waals surface area contributed by atoms with Crippen LogP contribution in [0, 0.1) is 10.1 Å². The summed E-state index contributed by atoms with van der Waals surface area (Å²) in [4.78, 5) is 37.0. The molecule has 0 bridgehead atoms. The van der Waals surface area contributed by atoms with Crippen molar-refractivity contribution in [2.45, 2.75) is 6.92 Å². The molecule has 0 radical (unpaired) electrons. The Morgan fingerprint density at radius 3 is 2.74 bits per heavy atom. The highest BCUT2D eigenvalue weighted by atomic mass is 32.1. The lowest BCUT2D eigenvalue weighted by atomic mass is 10.3. The van der Waals surface area contributed by atoms with E-state index in [-0.39, 0.29) is 10.9 Å². The van der Waals surface area contributed by atoms with Crippen molar-refractivity contribution in [2.24, 2.45) is 0 Å². The van der Waals surface area contributed by atoms with Crippen molar-refractivity contribution in [3.8, 4) is 10.6 Å². The molecule has 2 rings (SSSR count). The molecule has 0 aromatic carbocycles. The first-order valence-electron chi connectivity index (χ1n) is 4.99. The molecule has 0 fully saturated rings. The predicted molar refractivity (Wildman–Crippen MR) is 71.8 cm³/mol. The van der Waals surface area contributed by atoms with Crippen molar-refractivity contribution >= 4 is 45.0 Å². The Hall–Kier alpha value is -2.13. The minimum absolute atomic E-state index is 0.0269. The monoisotopic (exact) mass is 297 g/mol.